The third-order valence-electron chi connectivity index (χ3n) is 4.37. The molecule has 1 aromatic rings. The molecule has 0 saturated carbocycles. The van der Waals surface area contributed by atoms with Gasteiger partial charge >= 0.3 is 0 Å². The van der Waals surface area contributed by atoms with Crippen molar-refractivity contribution in [3.8, 4) is 0 Å². The molecule has 4 heteroatoms. The lowest BCUT2D eigenvalue weighted by Crippen LogP contribution is -2.53. The molecule has 4 nitrogen and oxygen atoms in total. The van der Waals surface area contributed by atoms with E-state index in [4.69, 9.17) is 0 Å². The SMILES string of the molecule is CN1CCCC(NC(=O)[C@@H]2Cc3ccccc3CN2)C1. The number of carbonyl (C=O) groups excluding carboxylic acids is 1. The lowest BCUT2D eigenvalue weighted by atomic mass is 9.95. The van der Waals surface area contributed by atoms with E-state index in [2.05, 4.69) is 46.8 Å². The zero-order chi connectivity index (χ0) is 13.9. The van der Waals surface area contributed by atoms with E-state index in [1.807, 2.05) is 0 Å². The molecule has 3 rings (SSSR count). The van der Waals surface area contributed by atoms with Gasteiger partial charge in [0.25, 0.3) is 0 Å². The average molecular weight is 273 g/mol. The molecule has 2 aliphatic rings. The molecule has 0 radical (unpaired) electrons. The van der Waals surface area contributed by atoms with Crippen LogP contribution in [0.1, 0.15) is 24.0 Å². The smallest absolute Gasteiger partial charge is 0.237 e. The molecule has 0 aromatic heterocycles. The van der Waals surface area contributed by atoms with Gasteiger partial charge in [0, 0.05) is 19.1 Å². The molecule has 108 valence electrons. The van der Waals surface area contributed by atoms with Crippen LogP contribution in [0.3, 0.4) is 0 Å². The summed E-state index contributed by atoms with van der Waals surface area (Å²) < 4.78 is 0. The van der Waals surface area contributed by atoms with E-state index < -0.39 is 0 Å². The van der Waals surface area contributed by atoms with Crippen LogP contribution in [-0.4, -0.2) is 43.0 Å². The van der Waals surface area contributed by atoms with Gasteiger partial charge in [-0.1, -0.05) is 24.3 Å². The van der Waals surface area contributed by atoms with E-state index >= 15 is 0 Å². The second-order valence-electron chi connectivity index (χ2n) is 6.02. The summed E-state index contributed by atoms with van der Waals surface area (Å²) in [6.07, 6.45) is 3.06. The molecule has 2 heterocycles. The first-order valence-corrected chi connectivity index (χ1v) is 7.51. The van der Waals surface area contributed by atoms with Crippen LogP contribution in [0.15, 0.2) is 24.3 Å². The number of piperidine rings is 1. The lowest BCUT2D eigenvalue weighted by molar-refractivity contribution is -0.124. The van der Waals surface area contributed by atoms with Crippen LogP contribution in [0.4, 0.5) is 0 Å². The van der Waals surface area contributed by atoms with Gasteiger partial charge in [0.1, 0.15) is 0 Å². The Morgan fingerprint density at radius 3 is 2.95 bits per heavy atom. The number of carbonyl (C=O) groups is 1. The number of rotatable bonds is 2. The van der Waals surface area contributed by atoms with Gasteiger partial charge in [-0.15, -0.1) is 0 Å². The third-order valence-corrected chi connectivity index (χ3v) is 4.37. The molecule has 1 unspecified atom stereocenters. The fourth-order valence-electron chi connectivity index (χ4n) is 3.23. The van der Waals surface area contributed by atoms with Crippen molar-refractivity contribution in [2.75, 3.05) is 20.1 Å². The molecule has 2 aliphatic heterocycles. The molecule has 0 aliphatic carbocycles. The van der Waals surface area contributed by atoms with Gasteiger partial charge in [-0.2, -0.15) is 0 Å². The van der Waals surface area contributed by atoms with Crippen LogP contribution in [0.25, 0.3) is 0 Å². The summed E-state index contributed by atoms with van der Waals surface area (Å²) >= 11 is 0. The second kappa shape index (κ2) is 5.94. The number of benzene rings is 1. The first kappa shape index (κ1) is 13.6. The van der Waals surface area contributed by atoms with E-state index in [9.17, 15) is 4.79 Å². The standard InChI is InChI=1S/C16H23N3O/c1-19-8-4-7-14(11-19)18-16(20)15-9-12-5-2-3-6-13(12)10-17-15/h2-3,5-6,14-15,17H,4,7-11H2,1H3,(H,18,20)/t14?,15-/m0/s1. The average Bonchev–Trinajstić information content (AvgIpc) is 2.47. The van der Waals surface area contributed by atoms with Crippen molar-refractivity contribution < 1.29 is 4.79 Å². The molecular weight excluding hydrogens is 250 g/mol. The van der Waals surface area contributed by atoms with Crippen LogP contribution in [0.2, 0.25) is 0 Å². The molecule has 1 saturated heterocycles. The van der Waals surface area contributed by atoms with Crippen LogP contribution in [0, 0.1) is 0 Å². The molecule has 20 heavy (non-hydrogen) atoms. The Hall–Kier alpha value is -1.39. The number of amides is 1. The molecule has 1 aromatic carbocycles. The Kier molecular flexibility index (Phi) is 4.03. The Morgan fingerprint density at radius 1 is 1.35 bits per heavy atom. The Labute approximate surface area is 120 Å². The fraction of sp³-hybridized carbons (Fsp3) is 0.562. The molecule has 2 atom stereocenters. The highest BCUT2D eigenvalue weighted by molar-refractivity contribution is 5.82. The van der Waals surface area contributed by atoms with Crippen molar-refractivity contribution in [3.63, 3.8) is 0 Å². The van der Waals surface area contributed by atoms with E-state index in [0.717, 1.165) is 32.5 Å². The van der Waals surface area contributed by atoms with Crippen molar-refractivity contribution in [1.82, 2.24) is 15.5 Å². The number of nitrogens with zero attached hydrogens (tertiary/aromatic N) is 1. The van der Waals surface area contributed by atoms with Gasteiger partial charge in [-0.05, 0) is 44.0 Å². The Bertz CT molecular complexity index is 488. The summed E-state index contributed by atoms with van der Waals surface area (Å²) in [6, 6.07) is 8.59. The highest BCUT2D eigenvalue weighted by Crippen LogP contribution is 2.17. The summed E-state index contributed by atoms with van der Waals surface area (Å²) in [5.74, 6) is 0.153. The van der Waals surface area contributed by atoms with Gasteiger partial charge in [0.2, 0.25) is 5.91 Å². The maximum absolute atomic E-state index is 12.4. The van der Waals surface area contributed by atoms with Gasteiger partial charge in [-0.25, -0.2) is 0 Å². The van der Waals surface area contributed by atoms with Crippen LogP contribution >= 0.6 is 0 Å². The predicted molar refractivity (Wildman–Crippen MR) is 79.4 cm³/mol. The minimum atomic E-state index is -0.0860. The summed E-state index contributed by atoms with van der Waals surface area (Å²) in [6.45, 7) is 2.90. The van der Waals surface area contributed by atoms with Crippen molar-refractivity contribution in [3.05, 3.63) is 35.4 Å². The van der Waals surface area contributed by atoms with E-state index in [1.165, 1.54) is 17.5 Å². The molecule has 1 amide bonds. The zero-order valence-electron chi connectivity index (χ0n) is 12.1. The number of nitrogens with one attached hydrogen (secondary N) is 2. The van der Waals surface area contributed by atoms with E-state index in [1.54, 1.807) is 0 Å². The third kappa shape index (κ3) is 3.02. The number of fused-ring (bicyclic) bond motifs is 1. The fourth-order valence-corrected chi connectivity index (χ4v) is 3.23. The maximum atomic E-state index is 12.4. The van der Waals surface area contributed by atoms with Crippen molar-refractivity contribution in [2.24, 2.45) is 0 Å². The lowest BCUT2D eigenvalue weighted by Gasteiger charge is -2.32. The van der Waals surface area contributed by atoms with Crippen molar-refractivity contribution >= 4 is 5.91 Å². The normalized spacial score (nSPS) is 26.9. The van der Waals surface area contributed by atoms with Crippen LogP contribution in [0.5, 0.6) is 0 Å². The first-order chi connectivity index (χ1) is 9.72. The van der Waals surface area contributed by atoms with E-state index in [-0.39, 0.29) is 11.9 Å². The first-order valence-electron chi connectivity index (χ1n) is 7.51. The van der Waals surface area contributed by atoms with Gasteiger partial charge in [0.05, 0.1) is 6.04 Å². The summed E-state index contributed by atoms with van der Waals surface area (Å²) in [5.41, 5.74) is 2.61. The summed E-state index contributed by atoms with van der Waals surface area (Å²) in [4.78, 5) is 14.7. The molecule has 2 N–H and O–H groups in total. The number of hydrogen-bond donors (Lipinski definition) is 2. The summed E-state index contributed by atoms with van der Waals surface area (Å²) in [7, 11) is 2.12. The monoisotopic (exact) mass is 273 g/mol. The van der Waals surface area contributed by atoms with Crippen LogP contribution in [-0.2, 0) is 17.8 Å². The quantitative estimate of drug-likeness (QED) is 0.842. The predicted octanol–water partition coefficient (Wildman–Crippen LogP) is 0.911. The Balaban J connectivity index is 1.59. The van der Waals surface area contributed by atoms with Gasteiger partial charge < -0.3 is 15.5 Å². The second-order valence-corrected chi connectivity index (χ2v) is 6.02. The van der Waals surface area contributed by atoms with Crippen molar-refractivity contribution in [1.29, 1.82) is 0 Å². The zero-order valence-corrected chi connectivity index (χ0v) is 12.1. The molecular formula is C16H23N3O. The molecule has 0 bridgehead atoms. The van der Waals surface area contributed by atoms with Gasteiger partial charge in [0.15, 0.2) is 0 Å². The number of likely N-dealkylation sites (N-methyl/N-ethyl adjacent to an activating group) is 1. The minimum absolute atomic E-state index is 0.0860. The number of hydrogen-bond acceptors (Lipinski definition) is 3. The topological polar surface area (TPSA) is 44.4 Å². The molecule has 0 spiro atoms. The largest absolute Gasteiger partial charge is 0.351 e. The maximum Gasteiger partial charge on any atom is 0.237 e. The molecule has 1 fully saturated rings. The summed E-state index contributed by atoms with van der Waals surface area (Å²) in [5, 5.41) is 6.56. The van der Waals surface area contributed by atoms with Gasteiger partial charge in [-0.3, -0.25) is 4.79 Å². The highest BCUT2D eigenvalue weighted by atomic mass is 16.2. The Morgan fingerprint density at radius 2 is 2.15 bits per heavy atom. The van der Waals surface area contributed by atoms with E-state index in [0.29, 0.717) is 6.04 Å². The van der Waals surface area contributed by atoms with Crippen LogP contribution < -0.4 is 10.6 Å². The number of likely N-dealkylation sites (tertiary alicyclic amines) is 1. The minimum Gasteiger partial charge on any atom is -0.351 e. The van der Waals surface area contributed by atoms with Crippen molar-refractivity contribution in [2.45, 2.75) is 37.9 Å². The highest BCUT2D eigenvalue weighted by Gasteiger charge is 2.26.